The average Bonchev–Trinajstić information content (AvgIpc) is 2.84. The molecule has 0 saturated carbocycles. The minimum absolute atomic E-state index is 0.0802. The average molecular weight is 255 g/mol. The molecule has 0 radical (unpaired) electrons. The Kier molecular flexibility index (Phi) is 4.35. The Morgan fingerprint density at radius 2 is 2.06 bits per heavy atom. The van der Waals surface area contributed by atoms with Crippen LogP contribution >= 0.6 is 0 Å². The lowest BCUT2D eigenvalue weighted by Crippen LogP contribution is -2.40. The molecular formula is C15H29NO2. The summed E-state index contributed by atoms with van der Waals surface area (Å²) in [6.07, 6.45) is 5.14. The summed E-state index contributed by atoms with van der Waals surface area (Å²) in [6.45, 7) is 11.7. The first kappa shape index (κ1) is 14.3. The van der Waals surface area contributed by atoms with Crippen molar-refractivity contribution < 1.29 is 9.47 Å². The maximum Gasteiger partial charge on any atom is 0.0631 e. The van der Waals surface area contributed by atoms with Crippen molar-refractivity contribution in [2.24, 2.45) is 5.41 Å². The number of rotatable bonds is 5. The second-order valence-electron chi connectivity index (χ2n) is 7.08. The third kappa shape index (κ3) is 3.69. The van der Waals surface area contributed by atoms with E-state index in [0.29, 0.717) is 17.6 Å². The third-order valence-corrected chi connectivity index (χ3v) is 4.29. The van der Waals surface area contributed by atoms with Gasteiger partial charge in [-0.05, 0) is 39.5 Å². The van der Waals surface area contributed by atoms with Crippen LogP contribution in [-0.2, 0) is 9.47 Å². The van der Waals surface area contributed by atoms with E-state index in [0.717, 1.165) is 26.2 Å². The summed E-state index contributed by atoms with van der Waals surface area (Å²) in [4.78, 5) is 0. The molecule has 2 saturated heterocycles. The smallest absolute Gasteiger partial charge is 0.0631 e. The molecule has 1 N–H and O–H groups in total. The molecule has 2 atom stereocenters. The van der Waals surface area contributed by atoms with Gasteiger partial charge in [-0.1, -0.05) is 13.8 Å². The topological polar surface area (TPSA) is 30.5 Å². The molecule has 0 aliphatic carbocycles. The molecule has 2 unspecified atom stereocenters. The second-order valence-corrected chi connectivity index (χ2v) is 7.08. The zero-order valence-corrected chi connectivity index (χ0v) is 12.4. The van der Waals surface area contributed by atoms with Gasteiger partial charge in [-0.25, -0.2) is 0 Å². The van der Waals surface area contributed by atoms with Gasteiger partial charge in [0.2, 0.25) is 0 Å². The van der Waals surface area contributed by atoms with Crippen molar-refractivity contribution in [3.05, 3.63) is 0 Å². The maximum atomic E-state index is 6.16. The largest absolute Gasteiger partial charge is 0.381 e. The Morgan fingerprint density at radius 1 is 1.28 bits per heavy atom. The number of ether oxygens (including phenoxy) is 2. The molecule has 106 valence electrons. The van der Waals surface area contributed by atoms with Gasteiger partial charge in [0.15, 0.2) is 0 Å². The van der Waals surface area contributed by atoms with Crippen LogP contribution in [0.15, 0.2) is 0 Å². The molecule has 2 aliphatic rings. The molecule has 0 aromatic carbocycles. The van der Waals surface area contributed by atoms with Crippen LogP contribution in [-0.4, -0.2) is 37.5 Å². The minimum atomic E-state index is 0.0802. The van der Waals surface area contributed by atoms with Crippen molar-refractivity contribution in [1.29, 1.82) is 0 Å². The van der Waals surface area contributed by atoms with Gasteiger partial charge in [-0.3, -0.25) is 0 Å². The Labute approximate surface area is 112 Å². The van der Waals surface area contributed by atoms with Gasteiger partial charge in [-0.15, -0.1) is 0 Å². The second kappa shape index (κ2) is 5.48. The van der Waals surface area contributed by atoms with E-state index in [1.807, 2.05) is 0 Å². The fourth-order valence-corrected chi connectivity index (χ4v) is 3.15. The van der Waals surface area contributed by atoms with Crippen LogP contribution in [0, 0.1) is 5.41 Å². The van der Waals surface area contributed by atoms with Crippen molar-refractivity contribution in [2.75, 3.05) is 19.8 Å². The molecule has 0 amide bonds. The monoisotopic (exact) mass is 255 g/mol. The molecule has 2 heterocycles. The SMILES string of the molecule is CC(C)NCC1(CC2CCC(C)(C)O2)CCOC1. The van der Waals surface area contributed by atoms with Crippen LogP contribution < -0.4 is 5.32 Å². The first-order valence-corrected chi connectivity index (χ1v) is 7.40. The van der Waals surface area contributed by atoms with E-state index in [1.54, 1.807) is 0 Å². The standard InChI is InChI=1S/C15H29NO2/c1-12(2)16-10-15(7-8-17-11-15)9-13-5-6-14(3,4)18-13/h12-13,16H,5-11H2,1-4H3. The normalized spacial score (nSPS) is 35.5. The quantitative estimate of drug-likeness (QED) is 0.819. The third-order valence-electron chi connectivity index (χ3n) is 4.29. The highest BCUT2D eigenvalue weighted by atomic mass is 16.5. The lowest BCUT2D eigenvalue weighted by Gasteiger charge is -2.32. The van der Waals surface area contributed by atoms with Crippen molar-refractivity contribution >= 4 is 0 Å². The van der Waals surface area contributed by atoms with Gasteiger partial charge in [-0.2, -0.15) is 0 Å². The van der Waals surface area contributed by atoms with E-state index in [9.17, 15) is 0 Å². The van der Waals surface area contributed by atoms with Crippen LogP contribution in [0.2, 0.25) is 0 Å². The first-order valence-electron chi connectivity index (χ1n) is 7.40. The lowest BCUT2D eigenvalue weighted by molar-refractivity contribution is -0.0369. The van der Waals surface area contributed by atoms with Crippen molar-refractivity contribution in [2.45, 2.75) is 71.1 Å². The Hall–Kier alpha value is -0.120. The van der Waals surface area contributed by atoms with E-state index in [-0.39, 0.29) is 5.60 Å². The van der Waals surface area contributed by atoms with Gasteiger partial charge in [0.1, 0.15) is 0 Å². The molecule has 2 aliphatic heterocycles. The van der Waals surface area contributed by atoms with Crippen LogP contribution in [0.25, 0.3) is 0 Å². The van der Waals surface area contributed by atoms with Crippen LogP contribution in [0.3, 0.4) is 0 Å². The molecule has 0 aromatic heterocycles. The van der Waals surface area contributed by atoms with E-state index < -0.39 is 0 Å². The Balaban J connectivity index is 1.90. The summed E-state index contributed by atoms with van der Waals surface area (Å²) in [5.74, 6) is 0. The first-order chi connectivity index (χ1) is 8.41. The Bertz CT molecular complexity index is 270. The van der Waals surface area contributed by atoms with Gasteiger partial charge in [0.25, 0.3) is 0 Å². The highest BCUT2D eigenvalue weighted by Crippen LogP contribution is 2.40. The highest BCUT2D eigenvalue weighted by molar-refractivity contribution is 4.91. The van der Waals surface area contributed by atoms with Crippen LogP contribution in [0.1, 0.15) is 53.4 Å². The zero-order chi connectivity index (χ0) is 13.2. The molecule has 3 nitrogen and oxygen atoms in total. The van der Waals surface area contributed by atoms with E-state index >= 15 is 0 Å². The molecule has 3 heteroatoms. The lowest BCUT2D eigenvalue weighted by atomic mass is 9.80. The summed E-state index contributed by atoms with van der Waals surface area (Å²) in [7, 11) is 0. The van der Waals surface area contributed by atoms with Crippen molar-refractivity contribution in [1.82, 2.24) is 5.32 Å². The maximum absolute atomic E-state index is 6.16. The molecule has 0 spiro atoms. The number of hydrogen-bond donors (Lipinski definition) is 1. The summed E-state index contributed by atoms with van der Waals surface area (Å²) in [5, 5.41) is 3.59. The van der Waals surface area contributed by atoms with Crippen LogP contribution in [0.4, 0.5) is 0 Å². The molecule has 0 aromatic rings. The van der Waals surface area contributed by atoms with Crippen LogP contribution in [0.5, 0.6) is 0 Å². The van der Waals surface area contributed by atoms with E-state index in [1.165, 1.54) is 19.3 Å². The molecule has 18 heavy (non-hydrogen) atoms. The summed E-state index contributed by atoms with van der Waals surface area (Å²) >= 11 is 0. The molecular weight excluding hydrogens is 226 g/mol. The fraction of sp³-hybridized carbons (Fsp3) is 1.00. The van der Waals surface area contributed by atoms with Gasteiger partial charge in [0, 0.05) is 24.6 Å². The molecule has 0 bridgehead atoms. The van der Waals surface area contributed by atoms with Gasteiger partial charge in [0.05, 0.1) is 18.3 Å². The number of hydrogen-bond acceptors (Lipinski definition) is 3. The highest BCUT2D eigenvalue weighted by Gasteiger charge is 2.41. The number of nitrogens with one attached hydrogen (secondary N) is 1. The summed E-state index contributed by atoms with van der Waals surface area (Å²) < 4.78 is 11.8. The molecule has 2 rings (SSSR count). The summed E-state index contributed by atoms with van der Waals surface area (Å²) in [6, 6.07) is 0.545. The van der Waals surface area contributed by atoms with E-state index in [2.05, 4.69) is 33.0 Å². The molecule has 2 fully saturated rings. The predicted molar refractivity (Wildman–Crippen MR) is 73.8 cm³/mol. The van der Waals surface area contributed by atoms with Crippen molar-refractivity contribution in [3.8, 4) is 0 Å². The fourth-order valence-electron chi connectivity index (χ4n) is 3.15. The minimum Gasteiger partial charge on any atom is -0.381 e. The van der Waals surface area contributed by atoms with Crippen molar-refractivity contribution in [3.63, 3.8) is 0 Å². The Morgan fingerprint density at radius 3 is 2.56 bits per heavy atom. The zero-order valence-electron chi connectivity index (χ0n) is 12.4. The summed E-state index contributed by atoms with van der Waals surface area (Å²) in [5.41, 5.74) is 0.381. The predicted octanol–water partition coefficient (Wildman–Crippen LogP) is 2.74. The van der Waals surface area contributed by atoms with Gasteiger partial charge < -0.3 is 14.8 Å². The van der Waals surface area contributed by atoms with E-state index in [4.69, 9.17) is 9.47 Å². The van der Waals surface area contributed by atoms with Gasteiger partial charge >= 0.3 is 0 Å².